The minimum atomic E-state index is -0.841. The van der Waals surface area contributed by atoms with Crippen LogP contribution in [0.3, 0.4) is 0 Å². The number of hydrogen-bond donors (Lipinski definition) is 3. The van der Waals surface area contributed by atoms with Gasteiger partial charge in [0.15, 0.2) is 5.79 Å². The second kappa shape index (κ2) is 17.5. The highest BCUT2D eigenvalue weighted by atomic mass is 16.7. The zero-order valence-corrected chi connectivity index (χ0v) is 28.4. The molecule has 10 nitrogen and oxygen atoms in total. The number of hydrogen-bond acceptors (Lipinski definition) is 7. The topological polar surface area (TPSA) is 118 Å². The number of nitrogens with one attached hydrogen (secondary N) is 3. The van der Waals surface area contributed by atoms with Gasteiger partial charge in [-0.2, -0.15) is 0 Å². The molecule has 2 aliphatic rings. The van der Waals surface area contributed by atoms with Gasteiger partial charge in [-0.25, -0.2) is 10.2 Å². The van der Waals surface area contributed by atoms with E-state index in [2.05, 4.69) is 43.9 Å². The lowest BCUT2D eigenvalue weighted by atomic mass is 9.85. The quantitative estimate of drug-likeness (QED) is 0.114. The Bertz CT molecular complexity index is 872. The molecule has 0 aromatic heterocycles. The fourth-order valence-corrected chi connectivity index (χ4v) is 5.65. The van der Waals surface area contributed by atoms with Gasteiger partial charge in [-0.1, -0.05) is 86.5 Å². The molecule has 1 saturated heterocycles. The summed E-state index contributed by atoms with van der Waals surface area (Å²) in [7, 11) is 0. The summed E-state index contributed by atoms with van der Waals surface area (Å²) in [6.07, 6.45) is 11.0. The van der Waals surface area contributed by atoms with E-state index in [-0.39, 0.29) is 48.4 Å². The highest BCUT2D eigenvalue weighted by Gasteiger charge is 2.45. The molecule has 43 heavy (non-hydrogen) atoms. The van der Waals surface area contributed by atoms with Crippen molar-refractivity contribution in [2.24, 2.45) is 10.8 Å². The second-order valence-corrected chi connectivity index (χ2v) is 14.8. The van der Waals surface area contributed by atoms with Crippen LogP contribution in [0.2, 0.25) is 0 Å². The van der Waals surface area contributed by atoms with E-state index in [9.17, 15) is 14.4 Å². The zero-order chi connectivity index (χ0) is 32.1. The molecule has 0 bridgehead atoms. The van der Waals surface area contributed by atoms with E-state index in [0.29, 0.717) is 13.2 Å². The number of unbranched alkanes of at least 4 members (excludes halogenated alkanes) is 6. The molecule has 3 unspecified atom stereocenters. The highest BCUT2D eigenvalue weighted by Crippen LogP contribution is 2.34. The van der Waals surface area contributed by atoms with Gasteiger partial charge >= 0.3 is 12.0 Å². The summed E-state index contributed by atoms with van der Waals surface area (Å²) in [5.74, 6) is -1.47. The molecule has 1 heterocycles. The Kier molecular flexibility index (Phi) is 15.2. The van der Waals surface area contributed by atoms with Gasteiger partial charge < -0.3 is 24.4 Å². The third-order valence-corrected chi connectivity index (χ3v) is 8.10. The first-order valence-corrected chi connectivity index (χ1v) is 16.7. The lowest BCUT2D eigenvalue weighted by Crippen LogP contribution is -2.56. The standard InChI is InChI=1S/C33H62N4O6/c1-9-10-11-12-13-14-17-22-37(23-31(2,3)4)30(40)36-35-25-18-15-16-19-26(25)42-27(38)20-21-34-29(39)28-32(5,6)24-41-33(7,8)43-28/h25-26,28,35H,9-24H2,1-8H3,(H,34,39)(H,36,40). The Balaban J connectivity index is 1.81. The van der Waals surface area contributed by atoms with Crippen LogP contribution in [-0.4, -0.2) is 73.1 Å². The average Bonchev–Trinajstić information content (AvgIpc) is 2.92. The maximum Gasteiger partial charge on any atom is 0.331 e. The van der Waals surface area contributed by atoms with Crippen molar-refractivity contribution >= 4 is 17.9 Å². The van der Waals surface area contributed by atoms with Crippen molar-refractivity contribution < 1.29 is 28.6 Å². The van der Waals surface area contributed by atoms with E-state index in [0.717, 1.165) is 45.1 Å². The summed E-state index contributed by atoms with van der Waals surface area (Å²) in [6.45, 7) is 18.0. The smallest absolute Gasteiger partial charge is 0.331 e. The van der Waals surface area contributed by atoms with Crippen molar-refractivity contribution in [3.63, 3.8) is 0 Å². The molecule has 3 atom stereocenters. The summed E-state index contributed by atoms with van der Waals surface area (Å²) >= 11 is 0. The van der Waals surface area contributed by atoms with Crippen LogP contribution in [0.15, 0.2) is 0 Å². The van der Waals surface area contributed by atoms with Crippen molar-refractivity contribution in [3.8, 4) is 0 Å². The second-order valence-electron chi connectivity index (χ2n) is 14.8. The number of ether oxygens (including phenoxy) is 3. The van der Waals surface area contributed by atoms with Gasteiger partial charge in [0, 0.05) is 25.0 Å². The molecule has 0 spiro atoms. The van der Waals surface area contributed by atoms with E-state index in [1.807, 2.05) is 18.7 Å². The molecule has 1 saturated carbocycles. The van der Waals surface area contributed by atoms with Gasteiger partial charge in [-0.15, -0.1) is 0 Å². The maximum absolute atomic E-state index is 13.2. The molecular formula is C33H62N4O6. The van der Waals surface area contributed by atoms with Crippen LogP contribution < -0.4 is 16.2 Å². The Morgan fingerprint density at radius 3 is 2.28 bits per heavy atom. The predicted octanol–water partition coefficient (Wildman–Crippen LogP) is 5.84. The van der Waals surface area contributed by atoms with Crippen LogP contribution in [0.1, 0.15) is 132 Å². The molecular weight excluding hydrogens is 548 g/mol. The first-order chi connectivity index (χ1) is 20.1. The first kappa shape index (κ1) is 37.3. The number of hydrazine groups is 1. The normalized spacial score (nSPS) is 23.3. The molecule has 1 aliphatic heterocycles. The van der Waals surface area contributed by atoms with Gasteiger partial charge in [0.05, 0.1) is 19.1 Å². The van der Waals surface area contributed by atoms with Crippen LogP contribution in [0.5, 0.6) is 0 Å². The van der Waals surface area contributed by atoms with Crippen LogP contribution >= 0.6 is 0 Å². The molecule has 1 aliphatic carbocycles. The van der Waals surface area contributed by atoms with E-state index < -0.39 is 17.3 Å². The van der Waals surface area contributed by atoms with Crippen molar-refractivity contribution in [2.45, 2.75) is 156 Å². The van der Waals surface area contributed by atoms with Crippen molar-refractivity contribution in [1.82, 2.24) is 21.1 Å². The fraction of sp³-hybridized carbons (Fsp3) is 0.909. The largest absolute Gasteiger partial charge is 0.461 e. The van der Waals surface area contributed by atoms with Crippen molar-refractivity contribution in [2.75, 3.05) is 26.2 Å². The highest BCUT2D eigenvalue weighted by molar-refractivity contribution is 5.82. The van der Waals surface area contributed by atoms with Gasteiger partial charge in [0.1, 0.15) is 12.2 Å². The molecule has 0 aromatic carbocycles. The molecule has 0 aromatic rings. The summed E-state index contributed by atoms with van der Waals surface area (Å²) < 4.78 is 17.4. The van der Waals surface area contributed by atoms with Crippen LogP contribution in [0.25, 0.3) is 0 Å². The number of esters is 1. The Morgan fingerprint density at radius 1 is 0.953 bits per heavy atom. The SMILES string of the molecule is CCCCCCCCCN(CC(C)(C)C)C(=O)NNC1CCCCC1OC(=O)CCNC(=O)C1OC(C)(C)OCC1(C)C. The van der Waals surface area contributed by atoms with Crippen LogP contribution in [0, 0.1) is 10.8 Å². The monoisotopic (exact) mass is 610 g/mol. The van der Waals surface area contributed by atoms with Gasteiger partial charge in [-0.05, 0) is 44.9 Å². The molecule has 0 radical (unpaired) electrons. The minimum absolute atomic E-state index is 0.0143. The number of rotatable bonds is 16. The number of nitrogens with zero attached hydrogens (tertiary/aromatic N) is 1. The van der Waals surface area contributed by atoms with E-state index >= 15 is 0 Å². The third-order valence-electron chi connectivity index (χ3n) is 8.10. The molecule has 2 rings (SSSR count). The Hall–Kier alpha value is -1.91. The summed E-state index contributed by atoms with van der Waals surface area (Å²) in [5, 5.41) is 2.83. The Labute approximate surface area is 261 Å². The Morgan fingerprint density at radius 2 is 1.60 bits per heavy atom. The number of carbonyl (C=O) groups is 3. The number of urea groups is 1. The lowest BCUT2D eigenvalue weighted by molar-refractivity contribution is -0.304. The van der Waals surface area contributed by atoms with E-state index in [4.69, 9.17) is 14.2 Å². The molecule has 10 heteroatoms. The van der Waals surface area contributed by atoms with Crippen molar-refractivity contribution in [3.05, 3.63) is 0 Å². The van der Waals surface area contributed by atoms with E-state index in [1.54, 1.807) is 13.8 Å². The minimum Gasteiger partial charge on any atom is -0.461 e. The fourth-order valence-electron chi connectivity index (χ4n) is 5.65. The van der Waals surface area contributed by atoms with Gasteiger partial charge in [0.2, 0.25) is 5.91 Å². The molecule has 3 N–H and O–H groups in total. The first-order valence-electron chi connectivity index (χ1n) is 16.7. The van der Waals surface area contributed by atoms with Gasteiger partial charge in [-0.3, -0.25) is 15.0 Å². The molecule has 3 amide bonds. The third kappa shape index (κ3) is 14.2. The molecule has 2 fully saturated rings. The van der Waals surface area contributed by atoms with Gasteiger partial charge in [0.25, 0.3) is 0 Å². The number of amides is 3. The van der Waals surface area contributed by atoms with E-state index in [1.165, 1.54) is 32.1 Å². The van der Waals surface area contributed by atoms with Crippen LogP contribution in [-0.2, 0) is 23.8 Å². The number of carbonyl (C=O) groups excluding carboxylic acids is 3. The summed E-state index contributed by atoms with van der Waals surface area (Å²) in [6, 6.07) is -0.300. The molecule has 250 valence electrons. The van der Waals surface area contributed by atoms with Crippen LogP contribution in [0.4, 0.5) is 4.79 Å². The lowest BCUT2D eigenvalue weighted by Gasteiger charge is -2.44. The van der Waals surface area contributed by atoms with Crippen molar-refractivity contribution in [1.29, 1.82) is 0 Å². The predicted molar refractivity (Wildman–Crippen MR) is 169 cm³/mol. The zero-order valence-electron chi connectivity index (χ0n) is 28.4. The summed E-state index contributed by atoms with van der Waals surface area (Å²) in [4.78, 5) is 40.7. The summed E-state index contributed by atoms with van der Waals surface area (Å²) in [5.41, 5.74) is 5.61. The maximum atomic E-state index is 13.2. The average molecular weight is 611 g/mol.